The summed E-state index contributed by atoms with van der Waals surface area (Å²) in [5.74, 6) is -1.01. The standard InChI is InChI=1S/C18H25N3O4/c1-10(2)14(17(23)25-5)20-18(24)21-13-9-7-6-8-12(13)19-16(22)15(21)11(3)4/h6-11,14-15H,1-5H3,(H,19,22)(H,20,24)/t14-,15+/m0/s1. The number of hydrogen-bond acceptors (Lipinski definition) is 4. The number of hydrogen-bond donors (Lipinski definition) is 2. The van der Waals surface area contributed by atoms with E-state index in [1.165, 1.54) is 12.0 Å². The van der Waals surface area contributed by atoms with Gasteiger partial charge in [-0.05, 0) is 24.0 Å². The molecule has 2 N–H and O–H groups in total. The van der Waals surface area contributed by atoms with E-state index < -0.39 is 24.1 Å². The first kappa shape index (κ1) is 18.8. The molecule has 0 aliphatic carbocycles. The number of rotatable bonds is 4. The second-order valence-electron chi connectivity index (χ2n) is 6.76. The first-order chi connectivity index (χ1) is 11.8. The van der Waals surface area contributed by atoms with E-state index in [1.807, 2.05) is 27.7 Å². The van der Waals surface area contributed by atoms with Crippen LogP contribution < -0.4 is 15.5 Å². The molecule has 2 atom stereocenters. The number of fused-ring (bicyclic) bond motifs is 1. The first-order valence-electron chi connectivity index (χ1n) is 8.35. The number of urea groups is 1. The zero-order valence-corrected chi connectivity index (χ0v) is 15.2. The van der Waals surface area contributed by atoms with Crippen LogP contribution in [0.4, 0.5) is 16.2 Å². The zero-order chi connectivity index (χ0) is 18.7. The third-order valence-corrected chi connectivity index (χ3v) is 4.22. The number of anilines is 2. The minimum atomic E-state index is -0.789. The number of ether oxygens (including phenoxy) is 1. The molecular formula is C18H25N3O4. The van der Waals surface area contributed by atoms with E-state index in [4.69, 9.17) is 4.74 Å². The van der Waals surface area contributed by atoms with E-state index in [0.717, 1.165) is 0 Å². The van der Waals surface area contributed by atoms with E-state index in [-0.39, 0.29) is 17.7 Å². The Balaban J connectivity index is 2.40. The van der Waals surface area contributed by atoms with E-state index in [2.05, 4.69) is 10.6 Å². The quantitative estimate of drug-likeness (QED) is 0.819. The molecular weight excluding hydrogens is 322 g/mol. The van der Waals surface area contributed by atoms with Crippen LogP contribution in [0.2, 0.25) is 0 Å². The van der Waals surface area contributed by atoms with E-state index >= 15 is 0 Å². The van der Waals surface area contributed by atoms with Crippen molar-refractivity contribution in [2.75, 3.05) is 17.3 Å². The molecule has 0 spiro atoms. The second kappa shape index (κ2) is 7.55. The predicted molar refractivity (Wildman–Crippen MR) is 95.4 cm³/mol. The van der Waals surface area contributed by atoms with Crippen molar-refractivity contribution < 1.29 is 19.1 Å². The number of carbonyl (C=O) groups excluding carboxylic acids is 3. The van der Waals surface area contributed by atoms with E-state index in [0.29, 0.717) is 11.4 Å². The van der Waals surface area contributed by atoms with Crippen LogP contribution >= 0.6 is 0 Å². The highest BCUT2D eigenvalue weighted by Crippen LogP contribution is 2.34. The number of nitrogens with zero attached hydrogens (tertiary/aromatic N) is 1. The minimum absolute atomic E-state index is 0.102. The molecule has 7 nitrogen and oxygen atoms in total. The SMILES string of the molecule is COC(=O)[C@@H](NC(=O)N1c2ccccc2NC(=O)[C@H]1C(C)C)C(C)C. The smallest absolute Gasteiger partial charge is 0.328 e. The molecule has 0 saturated heterocycles. The van der Waals surface area contributed by atoms with Crippen molar-refractivity contribution in [3.05, 3.63) is 24.3 Å². The minimum Gasteiger partial charge on any atom is -0.467 e. The Morgan fingerprint density at radius 1 is 1.20 bits per heavy atom. The summed E-state index contributed by atoms with van der Waals surface area (Å²) >= 11 is 0. The summed E-state index contributed by atoms with van der Waals surface area (Å²) in [5.41, 5.74) is 1.17. The van der Waals surface area contributed by atoms with Crippen LogP contribution in [0.15, 0.2) is 24.3 Å². The molecule has 0 saturated carbocycles. The maximum Gasteiger partial charge on any atom is 0.328 e. The third-order valence-electron chi connectivity index (χ3n) is 4.22. The number of benzene rings is 1. The van der Waals surface area contributed by atoms with Crippen molar-refractivity contribution in [1.29, 1.82) is 0 Å². The molecule has 3 amide bonds. The van der Waals surface area contributed by atoms with Gasteiger partial charge in [0.15, 0.2) is 0 Å². The van der Waals surface area contributed by atoms with Gasteiger partial charge in [-0.1, -0.05) is 39.8 Å². The Kier molecular flexibility index (Phi) is 5.66. The van der Waals surface area contributed by atoms with E-state index in [1.54, 1.807) is 24.3 Å². The molecule has 136 valence electrons. The fourth-order valence-corrected chi connectivity index (χ4v) is 2.93. The molecule has 0 radical (unpaired) electrons. The van der Waals surface area contributed by atoms with Gasteiger partial charge in [-0.2, -0.15) is 0 Å². The monoisotopic (exact) mass is 347 g/mol. The van der Waals surface area contributed by atoms with Gasteiger partial charge in [-0.25, -0.2) is 9.59 Å². The molecule has 0 fully saturated rings. The Morgan fingerprint density at radius 3 is 2.40 bits per heavy atom. The van der Waals surface area contributed by atoms with Gasteiger partial charge in [0.1, 0.15) is 12.1 Å². The summed E-state index contributed by atoms with van der Waals surface area (Å²) in [6.45, 7) is 7.38. The van der Waals surface area contributed by atoms with Gasteiger partial charge < -0.3 is 15.4 Å². The van der Waals surface area contributed by atoms with Gasteiger partial charge in [-0.3, -0.25) is 9.69 Å². The second-order valence-corrected chi connectivity index (χ2v) is 6.76. The highest BCUT2D eigenvalue weighted by molar-refractivity contribution is 6.12. The van der Waals surface area contributed by atoms with Gasteiger partial charge in [0.2, 0.25) is 5.91 Å². The summed E-state index contributed by atoms with van der Waals surface area (Å²) in [5, 5.41) is 5.55. The van der Waals surface area contributed by atoms with Crippen molar-refractivity contribution in [1.82, 2.24) is 5.32 Å². The molecule has 1 aliphatic heterocycles. The largest absolute Gasteiger partial charge is 0.467 e. The van der Waals surface area contributed by atoms with Gasteiger partial charge in [0, 0.05) is 0 Å². The predicted octanol–water partition coefficient (Wildman–Crippen LogP) is 2.38. The number of methoxy groups -OCH3 is 1. The topological polar surface area (TPSA) is 87.7 Å². The molecule has 1 heterocycles. The lowest BCUT2D eigenvalue weighted by Crippen LogP contribution is -2.59. The number of nitrogens with one attached hydrogen (secondary N) is 2. The lowest BCUT2D eigenvalue weighted by molar-refractivity contribution is -0.143. The summed E-state index contributed by atoms with van der Waals surface area (Å²) in [4.78, 5) is 38.9. The summed E-state index contributed by atoms with van der Waals surface area (Å²) < 4.78 is 4.78. The number of para-hydroxylation sites is 2. The molecule has 1 aromatic rings. The molecule has 1 aromatic carbocycles. The third kappa shape index (κ3) is 3.75. The fraction of sp³-hybridized carbons (Fsp3) is 0.500. The maximum atomic E-state index is 13.0. The van der Waals surface area contributed by atoms with Crippen LogP contribution in [0.1, 0.15) is 27.7 Å². The Morgan fingerprint density at radius 2 is 1.84 bits per heavy atom. The van der Waals surface area contributed by atoms with E-state index in [9.17, 15) is 14.4 Å². The van der Waals surface area contributed by atoms with Crippen molar-refractivity contribution in [3.8, 4) is 0 Å². The molecule has 25 heavy (non-hydrogen) atoms. The lowest BCUT2D eigenvalue weighted by Gasteiger charge is -2.39. The lowest BCUT2D eigenvalue weighted by atomic mass is 9.97. The van der Waals surface area contributed by atoms with Crippen molar-refractivity contribution in [2.45, 2.75) is 39.8 Å². The van der Waals surface area contributed by atoms with Crippen molar-refractivity contribution in [2.24, 2.45) is 11.8 Å². The molecule has 0 unspecified atom stereocenters. The fourth-order valence-electron chi connectivity index (χ4n) is 2.93. The Labute approximate surface area is 147 Å². The van der Waals surface area contributed by atoms with Crippen molar-refractivity contribution in [3.63, 3.8) is 0 Å². The summed E-state index contributed by atoms with van der Waals surface area (Å²) in [7, 11) is 1.28. The molecule has 7 heteroatoms. The number of esters is 1. The number of carbonyl (C=O) groups is 3. The first-order valence-corrected chi connectivity index (χ1v) is 8.35. The molecule has 2 rings (SSSR count). The zero-order valence-electron chi connectivity index (χ0n) is 15.2. The average molecular weight is 347 g/mol. The normalized spacial score (nSPS) is 17.8. The average Bonchev–Trinajstić information content (AvgIpc) is 2.56. The van der Waals surface area contributed by atoms with Gasteiger partial charge in [0.25, 0.3) is 0 Å². The maximum absolute atomic E-state index is 13.0. The highest BCUT2D eigenvalue weighted by Gasteiger charge is 2.40. The molecule has 0 bridgehead atoms. The molecule has 0 aromatic heterocycles. The van der Waals surface area contributed by atoms with Crippen LogP contribution in [-0.4, -0.2) is 37.1 Å². The Hall–Kier alpha value is -2.57. The summed E-state index contributed by atoms with van der Waals surface area (Å²) in [6.07, 6.45) is 0. The van der Waals surface area contributed by atoms with Crippen LogP contribution in [0.3, 0.4) is 0 Å². The molecule has 1 aliphatic rings. The van der Waals surface area contributed by atoms with Gasteiger partial charge >= 0.3 is 12.0 Å². The van der Waals surface area contributed by atoms with Crippen molar-refractivity contribution >= 4 is 29.3 Å². The van der Waals surface area contributed by atoms with Crippen LogP contribution in [-0.2, 0) is 14.3 Å². The van der Waals surface area contributed by atoms with Gasteiger partial charge in [-0.15, -0.1) is 0 Å². The summed E-state index contributed by atoms with van der Waals surface area (Å²) in [6, 6.07) is 5.15. The van der Waals surface area contributed by atoms with Crippen LogP contribution in [0.5, 0.6) is 0 Å². The highest BCUT2D eigenvalue weighted by atomic mass is 16.5. The van der Waals surface area contributed by atoms with Crippen LogP contribution in [0.25, 0.3) is 0 Å². The van der Waals surface area contributed by atoms with Gasteiger partial charge in [0.05, 0.1) is 18.5 Å². The Bertz CT molecular complexity index is 672. The number of amides is 3. The van der Waals surface area contributed by atoms with Crippen LogP contribution in [0, 0.1) is 11.8 Å².